The van der Waals surface area contributed by atoms with E-state index >= 15 is 0 Å². The fourth-order valence-electron chi connectivity index (χ4n) is 6.80. The zero-order chi connectivity index (χ0) is 29.0. The number of benzene rings is 8. The second-order valence-electron chi connectivity index (χ2n) is 11.3. The molecule has 9 aromatic rings. The van der Waals surface area contributed by atoms with Crippen LogP contribution in [-0.4, -0.2) is 0 Å². The smallest absolute Gasteiger partial charge is 0.143 e. The number of rotatable bonds is 4. The SMILES string of the molecule is c1ccc(-c2cc(N(c3ccccc3)c3ccc4ccccc4c3)c3c(c2)oc2c4ccccc4c4ccccc4c23)cc1. The molecule has 0 saturated heterocycles. The van der Waals surface area contributed by atoms with E-state index in [1.54, 1.807) is 0 Å². The Hall–Kier alpha value is -5.86. The number of hydrogen-bond acceptors (Lipinski definition) is 2. The van der Waals surface area contributed by atoms with Crippen LogP contribution in [0.15, 0.2) is 168 Å². The Morgan fingerprint density at radius 3 is 1.77 bits per heavy atom. The van der Waals surface area contributed by atoms with Crippen LogP contribution >= 0.6 is 0 Å². The molecule has 0 radical (unpaired) electrons. The van der Waals surface area contributed by atoms with Crippen LogP contribution in [0.25, 0.3) is 65.4 Å². The van der Waals surface area contributed by atoms with Gasteiger partial charge >= 0.3 is 0 Å². The third-order valence-electron chi connectivity index (χ3n) is 8.78. The summed E-state index contributed by atoms with van der Waals surface area (Å²) >= 11 is 0. The number of hydrogen-bond donors (Lipinski definition) is 0. The summed E-state index contributed by atoms with van der Waals surface area (Å²) in [6.45, 7) is 0. The van der Waals surface area contributed by atoms with E-state index < -0.39 is 0 Å². The molecule has 0 amide bonds. The van der Waals surface area contributed by atoms with Crippen molar-refractivity contribution in [2.45, 2.75) is 0 Å². The number of anilines is 3. The van der Waals surface area contributed by atoms with E-state index in [-0.39, 0.29) is 0 Å². The zero-order valence-corrected chi connectivity index (χ0v) is 23.9. The highest BCUT2D eigenvalue weighted by atomic mass is 16.3. The summed E-state index contributed by atoms with van der Waals surface area (Å²) in [6.07, 6.45) is 0. The monoisotopic (exact) mass is 561 g/mol. The molecule has 2 heteroatoms. The summed E-state index contributed by atoms with van der Waals surface area (Å²) in [6, 6.07) is 58.4. The molecule has 0 aliphatic rings. The molecule has 8 aromatic carbocycles. The van der Waals surface area contributed by atoms with E-state index in [1.807, 2.05) is 0 Å². The van der Waals surface area contributed by atoms with Gasteiger partial charge in [-0.25, -0.2) is 0 Å². The average Bonchev–Trinajstić information content (AvgIpc) is 3.50. The van der Waals surface area contributed by atoms with E-state index in [1.165, 1.54) is 26.9 Å². The van der Waals surface area contributed by atoms with Crippen LogP contribution < -0.4 is 4.90 Å². The Kier molecular flexibility index (Phi) is 5.54. The highest BCUT2D eigenvalue weighted by Crippen LogP contribution is 2.49. The van der Waals surface area contributed by atoms with Gasteiger partial charge in [0.25, 0.3) is 0 Å². The topological polar surface area (TPSA) is 16.4 Å². The minimum atomic E-state index is 0.875. The summed E-state index contributed by atoms with van der Waals surface area (Å²) in [4.78, 5) is 2.39. The maximum Gasteiger partial charge on any atom is 0.143 e. The van der Waals surface area contributed by atoms with Gasteiger partial charge in [-0.2, -0.15) is 0 Å². The largest absolute Gasteiger partial charge is 0.455 e. The molecule has 44 heavy (non-hydrogen) atoms. The molecule has 9 rings (SSSR count). The normalized spacial score (nSPS) is 11.6. The number of fused-ring (bicyclic) bond motifs is 9. The highest BCUT2D eigenvalue weighted by Gasteiger charge is 2.24. The van der Waals surface area contributed by atoms with Crippen molar-refractivity contribution in [3.8, 4) is 11.1 Å². The van der Waals surface area contributed by atoms with Gasteiger partial charge in [-0.1, -0.05) is 127 Å². The fourth-order valence-corrected chi connectivity index (χ4v) is 6.80. The van der Waals surface area contributed by atoms with Crippen LogP contribution in [0.3, 0.4) is 0 Å². The van der Waals surface area contributed by atoms with Gasteiger partial charge in [-0.15, -0.1) is 0 Å². The molecule has 0 unspecified atom stereocenters. The van der Waals surface area contributed by atoms with Crippen molar-refractivity contribution in [2.24, 2.45) is 0 Å². The fraction of sp³-hybridized carbons (Fsp3) is 0. The lowest BCUT2D eigenvalue weighted by atomic mass is 9.95. The van der Waals surface area contributed by atoms with Crippen molar-refractivity contribution in [3.05, 3.63) is 164 Å². The molecule has 0 N–H and O–H groups in total. The van der Waals surface area contributed by atoms with Crippen LogP contribution in [0.1, 0.15) is 0 Å². The first kappa shape index (κ1) is 24.7. The summed E-state index contributed by atoms with van der Waals surface area (Å²) in [5.41, 5.74) is 7.34. The first-order valence-corrected chi connectivity index (χ1v) is 15.0. The van der Waals surface area contributed by atoms with E-state index in [4.69, 9.17) is 4.42 Å². The summed E-state index contributed by atoms with van der Waals surface area (Å²) in [5.74, 6) is 0. The molecule has 0 aliphatic heterocycles. The zero-order valence-electron chi connectivity index (χ0n) is 23.9. The average molecular weight is 562 g/mol. The molecule has 0 spiro atoms. The van der Waals surface area contributed by atoms with Crippen LogP contribution in [0, 0.1) is 0 Å². The van der Waals surface area contributed by atoms with Crippen molar-refractivity contribution in [2.75, 3.05) is 4.90 Å². The Balaban J connectivity index is 1.47. The van der Waals surface area contributed by atoms with Crippen molar-refractivity contribution in [1.82, 2.24) is 0 Å². The van der Waals surface area contributed by atoms with Crippen LogP contribution in [0.5, 0.6) is 0 Å². The quantitative estimate of drug-likeness (QED) is 0.199. The minimum Gasteiger partial charge on any atom is -0.455 e. The van der Waals surface area contributed by atoms with Gasteiger partial charge in [0.15, 0.2) is 0 Å². The molecular weight excluding hydrogens is 534 g/mol. The van der Waals surface area contributed by atoms with Gasteiger partial charge < -0.3 is 9.32 Å². The van der Waals surface area contributed by atoms with Gasteiger partial charge in [-0.05, 0) is 74.5 Å². The second-order valence-corrected chi connectivity index (χ2v) is 11.3. The first-order valence-electron chi connectivity index (χ1n) is 15.0. The van der Waals surface area contributed by atoms with Gasteiger partial charge in [0.1, 0.15) is 11.2 Å². The minimum absolute atomic E-state index is 0.875. The lowest BCUT2D eigenvalue weighted by Crippen LogP contribution is -2.10. The summed E-state index contributed by atoms with van der Waals surface area (Å²) in [7, 11) is 0. The molecule has 0 fully saturated rings. The number of nitrogens with zero attached hydrogens (tertiary/aromatic N) is 1. The van der Waals surface area contributed by atoms with Crippen molar-refractivity contribution in [3.63, 3.8) is 0 Å². The van der Waals surface area contributed by atoms with Gasteiger partial charge in [0, 0.05) is 22.1 Å². The van der Waals surface area contributed by atoms with E-state index in [2.05, 4.69) is 169 Å². The predicted octanol–water partition coefficient (Wildman–Crippen LogP) is 12.2. The molecular formula is C42H27NO. The first-order chi connectivity index (χ1) is 21.8. The maximum absolute atomic E-state index is 6.94. The van der Waals surface area contributed by atoms with E-state index in [0.29, 0.717) is 0 Å². The summed E-state index contributed by atoms with van der Waals surface area (Å²) in [5, 5.41) is 9.43. The summed E-state index contributed by atoms with van der Waals surface area (Å²) < 4.78 is 6.94. The standard InChI is InChI=1S/C42H27NO/c1-3-13-28(14-4-1)31-26-38(43(32-17-5-2-6-18-32)33-24-23-29-15-7-8-16-30(29)25-33)41-39(27-31)44-42-37-22-12-10-20-35(37)34-19-9-11-21-36(34)40(41)42/h1-27H. The van der Waals surface area contributed by atoms with Crippen LogP contribution in [0.2, 0.25) is 0 Å². The van der Waals surface area contributed by atoms with Crippen molar-refractivity contribution >= 4 is 71.3 Å². The van der Waals surface area contributed by atoms with Gasteiger partial charge in [0.05, 0.1) is 11.1 Å². The third-order valence-corrected chi connectivity index (χ3v) is 8.78. The van der Waals surface area contributed by atoms with Gasteiger partial charge in [-0.3, -0.25) is 0 Å². The molecule has 0 saturated carbocycles. The highest BCUT2D eigenvalue weighted by molar-refractivity contribution is 6.32. The maximum atomic E-state index is 6.94. The Bertz CT molecular complexity index is 2490. The molecule has 0 atom stereocenters. The molecule has 2 nitrogen and oxygen atoms in total. The lowest BCUT2D eigenvalue weighted by Gasteiger charge is -2.27. The van der Waals surface area contributed by atoms with Crippen molar-refractivity contribution < 1.29 is 4.42 Å². The Labute approximate surface area is 255 Å². The molecule has 1 aromatic heterocycles. The van der Waals surface area contributed by atoms with E-state index in [9.17, 15) is 0 Å². The number of para-hydroxylation sites is 1. The number of furan rings is 1. The third kappa shape index (κ3) is 3.82. The molecule has 206 valence electrons. The van der Waals surface area contributed by atoms with Crippen molar-refractivity contribution in [1.29, 1.82) is 0 Å². The van der Waals surface area contributed by atoms with Crippen LogP contribution in [-0.2, 0) is 0 Å². The van der Waals surface area contributed by atoms with Crippen LogP contribution in [0.4, 0.5) is 17.1 Å². The predicted molar refractivity (Wildman–Crippen MR) is 186 cm³/mol. The molecule has 0 bridgehead atoms. The Morgan fingerprint density at radius 1 is 0.386 bits per heavy atom. The van der Waals surface area contributed by atoms with Gasteiger partial charge in [0.2, 0.25) is 0 Å². The molecule has 1 heterocycles. The molecule has 0 aliphatic carbocycles. The Morgan fingerprint density at radius 2 is 1.00 bits per heavy atom. The second kappa shape index (κ2) is 9.86. The lowest BCUT2D eigenvalue weighted by molar-refractivity contribution is 0.673. The van der Waals surface area contributed by atoms with E-state index in [0.717, 1.165) is 55.5 Å².